The number of hydrogen-bond donors (Lipinski definition) is 1. The lowest BCUT2D eigenvalue weighted by Gasteiger charge is -2.25. The highest BCUT2D eigenvalue weighted by atomic mass is 16.6. The van der Waals surface area contributed by atoms with E-state index in [1.807, 2.05) is 24.5 Å². The molecular weight excluding hydrogens is 382 g/mol. The lowest BCUT2D eigenvalue weighted by molar-refractivity contribution is -0.384. The first-order valence-corrected chi connectivity index (χ1v) is 10.0. The van der Waals surface area contributed by atoms with Gasteiger partial charge in [-0.25, -0.2) is 0 Å². The number of nitrogens with zero attached hydrogens (tertiary/aromatic N) is 2. The minimum absolute atomic E-state index is 0.0354. The maximum absolute atomic E-state index is 10.9. The summed E-state index contributed by atoms with van der Waals surface area (Å²) in [4.78, 5) is 13.6. The third-order valence-corrected chi connectivity index (χ3v) is 5.47. The van der Waals surface area contributed by atoms with Crippen LogP contribution < -0.4 is 4.74 Å². The smallest absolute Gasteiger partial charge is 0.269 e. The van der Waals surface area contributed by atoms with E-state index >= 15 is 0 Å². The Balaban J connectivity index is 1.56. The molecule has 0 amide bonds. The lowest BCUT2D eigenvalue weighted by atomic mass is 10.1. The van der Waals surface area contributed by atoms with Gasteiger partial charge in [0, 0.05) is 53.8 Å². The van der Waals surface area contributed by atoms with Crippen LogP contribution >= 0.6 is 0 Å². The Morgan fingerprint density at radius 3 is 2.70 bits per heavy atom. The summed E-state index contributed by atoms with van der Waals surface area (Å²) in [7, 11) is 0. The largest absolute Gasteiger partial charge is 0.457 e. The molecule has 1 aliphatic rings. The van der Waals surface area contributed by atoms with Gasteiger partial charge in [0.2, 0.25) is 0 Å². The fourth-order valence-corrected chi connectivity index (χ4v) is 3.94. The molecule has 1 N–H and O–H groups in total. The fraction of sp³-hybridized carbons (Fsp3) is 0.217. The average molecular weight is 403 g/mol. The van der Waals surface area contributed by atoms with Crippen LogP contribution in [0.5, 0.6) is 11.5 Å². The number of non-ortho nitro benzene ring substituents is 1. The Morgan fingerprint density at radius 1 is 1.13 bits per heavy atom. The van der Waals surface area contributed by atoms with Gasteiger partial charge in [-0.2, -0.15) is 0 Å². The van der Waals surface area contributed by atoms with Gasteiger partial charge < -0.3 is 19.0 Å². The summed E-state index contributed by atoms with van der Waals surface area (Å²) in [5.74, 6) is 1.24. The standard InChI is InChI=1S/C23H21N3O4/c27-26(28)18-4-6-19(7-5-18)30-22-13-16-9-11-25(23-3-1-2-12-29-23)21(16)14-20(22)17-8-10-24-15-17/h4-11,13-15,23-24H,1-3,12H2. The summed E-state index contributed by atoms with van der Waals surface area (Å²) in [5, 5.41) is 12.0. The zero-order chi connectivity index (χ0) is 20.5. The maximum Gasteiger partial charge on any atom is 0.269 e. The predicted molar refractivity (Wildman–Crippen MR) is 114 cm³/mol. The Kier molecular flexibility index (Phi) is 4.72. The molecule has 7 nitrogen and oxygen atoms in total. The molecule has 30 heavy (non-hydrogen) atoms. The number of rotatable bonds is 5. The van der Waals surface area contributed by atoms with Crippen molar-refractivity contribution in [1.82, 2.24) is 9.55 Å². The van der Waals surface area contributed by atoms with Gasteiger partial charge in [-0.3, -0.25) is 10.1 Å². The van der Waals surface area contributed by atoms with Crippen molar-refractivity contribution in [3.8, 4) is 22.6 Å². The minimum Gasteiger partial charge on any atom is -0.457 e. The van der Waals surface area contributed by atoms with Crippen molar-refractivity contribution in [2.75, 3.05) is 6.61 Å². The van der Waals surface area contributed by atoms with Crippen LogP contribution in [0.3, 0.4) is 0 Å². The number of aromatic nitrogens is 2. The van der Waals surface area contributed by atoms with E-state index in [0.29, 0.717) is 11.5 Å². The van der Waals surface area contributed by atoms with Gasteiger partial charge in [0.05, 0.1) is 10.4 Å². The highest BCUT2D eigenvalue weighted by Crippen LogP contribution is 2.39. The van der Waals surface area contributed by atoms with E-state index in [1.54, 1.807) is 12.1 Å². The summed E-state index contributed by atoms with van der Waals surface area (Å²) in [6.07, 6.45) is 9.19. The predicted octanol–water partition coefficient (Wildman–Crippen LogP) is 6.04. The Morgan fingerprint density at radius 2 is 2.00 bits per heavy atom. The molecule has 1 atom stereocenters. The zero-order valence-corrected chi connectivity index (χ0v) is 16.3. The van der Waals surface area contributed by atoms with Gasteiger partial charge in [-0.15, -0.1) is 0 Å². The first kappa shape index (κ1) is 18.4. The summed E-state index contributed by atoms with van der Waals surface area (Å²) >= 11 is 0. The molecule has 1 fully saturated rings. The molecule has 2 aromatic carbocycles. The first-order valence-electron chi connectivity index (χ1n) is 10.0. The molecule has 0 bridgehead atoms. The Hall–Kier alpha value is -3.58. The SMILES string of the molecule is O=[N+]([O-])c1ccc(Oc2cc3ccn(C4CCCCO4)c3cc2-c2cc[nH]c2)cc1. The molecule has 4 aromatic rings. The minimum atomic E-state index is -0.420. The third-order valence-electron chi connectivity index (χ3n) is 5.47. The van der Waals surface area contributed by atoms with E-state index in [2.05, 4.69) is 27.9 Å². The summed E-state index contributed by atoms with van der Waals surface area (Å²) in [5.41, 5.74) is 3.08. The van der Waals surface area contributed by atoms with Crippen LogP contribution in [0.1, 0.15) is 25.5 Å². The number of nitro groups is 1. The molecule has 1 saturated heterocycles. The molecule has 7 heteroatoms. The molecule has 0 saturated carbocycles. The normalized spacial score (nSPS) is 16.6. The van der Waals surface area contributed by atoms with Gasteiger partial charge in [-0.1, -0.05) is 0 Å². The van der Waals surface area contributed by atoms with Gasteiger partial charge in [0.1, 0.15) is 17.7 Å². The van der Waals surface area contributed by atoms with E-state index in [9.17, 15) is 10.1 Å². The van der Waals surface area contributed by atoms with E-state index in [4.69, 9.17) is 9.47 Å². The highest BCUT2D eigenvalue weighted by molar-refractivity contribution is 5.89. The summed E-state index contributed by atoms with van der Waals surface area (Å²) < 4.78 is 14.3. The van der Waals surface area contributed by atoms with Gasteiger partial charge in [0.25, 0.3) is 5.69 Å². The monoisotopic (exact) mass is 403 g/mol. The highest BCUT2D eigenvalue weighted by Gasteiger charge is 2.19. The lowest BCUT2D eigenvalue weighted by Crippen LogP contribution is -2.17. The molecule has 3 heterocycles. The van der Waals surface area contributed by atoms with Crippen molar-refractivity contribution in [3.05, 3.63) is 77.2 Å². The second-order valence-corrected chi connectivity index (χ2v) is 7.40. The average Bonchev–Trinajstić information content (AvgIpc) is 3.44. The van der Waals surface area contributed by atoms with Gasteiger partial charge in [0.15, 0.2) is 0 Å². The second kappa shape index (κ2) is 7.68. The molecule has 2 aromatic heterocycles. The van der Waals surface area contributed by atoms with E-state index in [-0.39, 0.29) is 11.9 Å². The number of H-pyrrole nitrogens is 1. The summed E-state index contributed by atoms with van der Waals surface area (Å²) in [6.45, 7) is 0.788. The van der Waals surface area contributed by atoms with Crippen LogP contribution in [0.25, 0.3) is 22.0 Å². The van der Waals surface area contributed by atoms with Crippen LogP contribution in [0.15, 0.2) is 67.1 Å². The number of hydrogen-bond acceptors (Lipinski definition) is 4. The maximum atomic E-state index is 10.9. The zero-order valence-electron chi connectivity index (χ0n) is 16.3. The number of fused-ring (bicyclic) bond motifs is 1. The van der Waals surface area contributed by atoms with Crippen molar-refractivity contribution in [2.45, 2.75) is 25.5 Å². The van der Waals surface area contributed by atoms with Crippen LogP contribution in [0.4, 0.5) is 5.69 Å². The van der Waals surface area contributed by atoms with Crippen molar-refractivity contribution in [3.63, 3.8) is 0 Å². The Labute approximate surface area is 173 Å². The molecule has 5 rings (SSSR count). The van der Waals surface area contributed by atoms with E-state index in [1.165, 1.54) is 12.1 Å². The molecule has 152 valence electrons. The molecule has 1 aliphatic heterocycles. The topological polar surface area (TPSA) is 82.3 Å². The van der Waals surface area contributed by atoms with Gasteiger partial charge >= 0.3 is 0 Å². The third kappa shape index (κ3) is 3.44. The summed E-state index contributed by atoms with van der Waals surface area (Å²) in [6, 6.07) is 14.3. The van der Waals surface area contributed by atoms with Crippen LogP contribution in [0.2, 0.25) is 0 Å². The number of ether oxygens (including phenoxy) is 2. The van der Waals surface area contributed by atoms with Crippen LogP contribution in [-0.2, 0) is 4.74 Å². The second-order valence-electron chi connectivity index (χ2n) is 7.40. The fourth-order valence-electron chi connectivity index (χ4n) is 3.94. The first-order chi connectivity index (χ1) is 14.7. The number of aromatic amines is 1. The number of benzene rings is 2. The van der Waals surface area contributed by atoms with Crippen molar-refractivity contribution < 1.29 is 14.4 Å². The molecule has 1 unspecified atom stereocenters. The molecule has 0 spiro atoms. The number of nitro benzene ring substituents is 1. The van der Waals surface area contributed by atoms with Crippen LogP contribution in [-0.4, -0.2) is 21.1 Å². The van der Waals surface area contributed by atoms with E-state index < -0.39 is 4.92 Å². The molecule has 0 radical (unpaired) electrons. The van der Waals surface area contributed by atoms with E-state index in [0.717, 1.165) is 47.9 Å². The molecular formula is C23H21N3O4. The Bertz CT molecular complexity index is 1170. The van der Waals surface area contributed by atoms with Crippen molar-refractivity contribution >= 4 is 16.6 Å². The molecule has 0 aliphatic carbocycles. The van der Waals surface area contributed by atoms with Gasteiger partial charge in [-0.05, 0) is 55.7 Å². The van der Waals surface area contributed by atoms with Crippen molar-refractivity contribution in [1.29, 1.82) is 0 Å². The number of nitrogens with one attached hydrogen (secondary N) is 1. The van der Waals surface area contributed by atoms with Crippen LogP contribution in [0, 0.1) is 10.1 Å². The quantitative estimate of drug-likeness (QED) is 0.325. The van der Waals surface area contributed by atoms with Crippen molar-refractivity contribution in [2.24, 2.45) is 0 Å².